The third-order valence-corrected chi connectivity index (χ3v) is 4.47. The molecule has 132 valence electrons. The van der Waals surface area contributed by atoms with Crippen LogP contribution in [0.2, 0.25) is 0 Å². The van der Waals surface area contributed by atoms with Gasteiger partial charge in [-0.3, -0.25) is 9.59 Å². The van der Waals surface area contributed by atoms with Crippen molar-refractivity contribution in [3.05, 3.63) is 58.7 Å². The fraction of sp³-hybridized carbons (Fsp3) is 0.273. The van der Waals surface area contributed by atoms with Crippen molar-refractivity contribution in [1.82, 2.24) is 0 Å². The van der Waals surface area contributed by atoms with Gasteiger partial charge in [-0.05, 0) is 52.0 Å². The van der Waals surface area contributed by atoms with Crippen LogP contribution in [0, 0.1) is 0 Å². The van der Waals surface area contributed by atoms with Crippen LogP contribution in [0.15, 0.2) is 36.4 Å². The number of hydrogen-bond donors (Lipinski definition) is 0. The van der Waals surface area contributed by atoms with E-state index in [0.29, 0.717) is 22.6 Å². The van der Waals surface area contributed by atoms with Crippen molar-refractivity contribution < 1.29 is 19.1 Å². The zero-order valence-electron chi connectivity index (χ0n) is 15.3. The van der Waals surface area contributed by atoms with Crippen LogP contribution < -0.4 is 0 Å². The predicted octanol–water partition coefficient (Wildman–Crippen LogP) is 4.76. The Morgan fingerprint density at radius 3 is 1.31 bits per heavy atom. The Morgan fingerprint density at radius 2 is 0.962 bits per heavy atom. The molecule has 2 aromatic rings. The normalized spacial score (nSPS) is 15.5. The molecule has 0 N–H and O–H groups in total. The van der Waals surface area contributed by atoms with E-state index in [1.54, 1.807) is 0 Å². The maximum absolute atomic E-state index is 12.6. The lowest BCUT2D eigenvalue weighted by atomic mass is 9.83. The Kier molecular flexibility index (Phi) is 3.72. The third kappa shape index (κ3) is 2.45. The molecule has 4 nitrogen and oxygen atoms in total. The van der Waals surface area contributed by atoms with E-state index in [1.807, 2.05) is 52.0 Å². The summed E-state index contributed by atoms with van der Waals surface area (Å²) in [5.74, 6) is 0.888. The number of ether oxygens (including phenoxy) is 2. The number of allylic oxidation sites excluding steroid dienone is 2. The average Bonchev–Trinajstić information content (AvgIpc) is 2.56. The monoisotopic (exact) mass is 348 g/mol. The van der Waals surface area contributed by atoms with Crippen molar-refractivity contribution in [2.24, 2.45) is 0 Å². The van der Waals surface area contributed by atoms with E-state index in [-0.39, 0.29) is 23.8 Å². The molecule has 0 aliphatic heterocycles. The Bertz CT molecular complexity index is 939. The number of benzene rings is 2. The number of ketones is 2. The Labute approximate surface area is 152 Å². The van der Waals surface area contributed by atoms with Gasteiger partial charge in [0.25, 0.3) is 0 Å². The molecule has 4 rings (SSSR count). The van der Waals surface area contributed by atoms with E-state index in [0.717, 1.165) is 21.9 Å². The van der Waals surface area contributed by atoms with Gasteiger partial charge in [-0.1, -0.05) is 0 Å². The summed E-state index contributed by atoms with van der Waals surface area (Å²) in [5.41, 5.74) is 2.87. The summed E-state index contributed by atoms with van der Waals surface area (Å²) in [4.78, 5) is 25.3. The lowest BCUT2D eigenvalue weighted by Gasteiger charge is -2.25. The molecule has 4 heteroatoms. The first-order valence-corrected chi connectivity index (χ1v) is 8.82. The van der Waals surface area contributed by atoms with Gasteiger partial charge in [0.2, 0.25) is 0 Å². The molecule has 0 bridgehead atoms. The van der Waals surface area contributed by atoms with E-state index >= 15 is 0 Å². The van der Waals surface area contributed by atoms with Crippen molar-refractivity contribution in [1.29, 1.82) is 0 Å². The SMILES string of the molecule is CC(C)OC1=CC(=O)c2ccc3c4c(ccc1c24)C(=O)C=C3OC(C)C. The lowest BCUT2D eigenvalue weighted by Crippen LogP contribution is -2.15. The van der Waals surface area contributed by atoms with Gasteiger partial charge in [-0.2, -0.15) is 0 Å². The zero-order valence-corrected chi connectivity index (χ0v) is 15.3. The molecule has 2 aliphatic carbocycles. The summed E-state index contributed by atoms with van der Waals surface area (Å²) in [6.45, 7) is 7.69. The van der Waals surface area contributed by atoms with Gasteiger partial charge >= 0.3 is 0 Å². The maximum Gasteiger partial charge on any atom is 0.190 e. The number of hydrogen-bond acceptors (Lipinski definition) is 4. The van der Waals surface area contributed by atoms with Crippen molar-refractivity contribution in [3.8, 4) is 0 Å². The van der Waals surface area contributed by atoms with Crippen LogP contribution in [0.4, 0.5) is 0 Å². The summed E-state index contributed by atoms with van der Waals surface area (Å²) in [6.07, 6.45) is 2.96. The Morgan fingerprint density at radius 1 is 0.615 bits per heavy atom. The second-order valence-electron chi connectivity index (χ2n) is 7.15. The second kappa shape index (κ2) is 5.84. The molecule has 0 radical (unpaired) electrons. The van der Waals surface area contributed by atoms with Crippen LogP contribution >= 0.6 is 0 Å². The van der Waals surface area contributed by atoms with Crippen LogP contribution in [0.3, 0.4) is 0 Å². The summed E-state index contributed by atoms with van der Waals surface area (Å²) < 4.78 is 11.7. The molecule has 2 aromatic carbocycles. The average molecular weight is 348 g/mol. The Balaban J connectivity index is 2.03. The van der Waals surface area contributed by atoms with Gasteiger partial charge in [-0.15, -0.1) is 0 Å². The van der Waals surface area contributed by atoms with Gasteiger partial charge in [0.1, 0.15) is 11.5 Å². The first-order valence-electron chi connectivity index (χ1n) is 8.82. The van der Waals surface area contributed by atoms with Gasteiger partial charge < -0.3 is 9.47 Å². The smallest absolute Gasteiger partial charge is 0.190 e. The Hall–Kier alpha value is -2.88. The largest absolute Gasteiger partial charge is 0.490 e. The maximum atomic E-state index is 12.6. The fourth-order valence-electron chi connectivity index (χ4n) is 3.57. The first-order chi connectivity index (χ1) is 12.4. The van der Waals surface area contributed by atoms with Gasteiger partial charge in [0, 0.05) is 45.2 Å². The van der Waals surface area contributed by atoms with Crippen LogP contribution in [-0.2, 0) is 9.47 Å². The third-order valence-electron chi connectivity index (χ3n) is 4.47. The highest BCUT2D eigenvalue weighted by Crippen LogP contribution is 2.41. The van der Waals surface area contributed by atoms with E-state index in [2.05, 4.69) is 0 Å². The van der Waals surface area contributed by atoms with Crippen molar-refractivity contribution in [2.75, 3.05) is 0 Å². The minimum absolute atomic E-state index is 0.0530. The molecular weight excluding hydrogens is 328 g/mol. The van der Waals surface area contributed by atoms with Gasteiger partial charge in [0.15, 0.2) is 11.6 Å². The number of carbonyl (C=O) groups excluding carboxylic acids is 2. The van der Waals surface area contributed by atoms with Crippen LogP contribution in [-0.4, -0.2) is 23.8 Å². The second-order valence-corrected chi connectivity index (χ2v) is 7.15. The van der Waals surface area contributed by atoms with Crippen molar-refractivity contribution in [2.45, 2.75) is 39.9 Å². The van der Waals surface area contributed by atoms with Crippen LogP contribution in [0.25, 0.3) is 22.3 Å². The van der Waals surface area contributed by atoms with Crippen LogP contribution in [0.1, 0.15) is 59.5 Å². The van der Waals surface area contributed by atoms with E-state index in [9.17, 15) is 9.59 Å². The van der Waals surface area contributed by atoms with E-state index < -0.39 is 0 Å². The number of carbonyl (C=O) groups is 2. The molecule has 0 saturated carbocycles. The summed E-state index contributed by atoms with van der Waals surface area (Å²) in [5, 5.41) is 1.55. The summed E-state index contributed by atoms with van der Waals surface area (Å²) in [6, 6.07) is 7.35. The van der Waals surface area contributed by atoms with Crippen molar-refractivity contribution in [3.63, 3.8) is 0 Å². The molecule has 0 unspecified atom stereocenters. The minimum atomic E-state index is -0.106. The molecule has 0 amide bonds. The van der Waals surface area contributed by atoms with Gasteiger partial charge in [0.05, 0.1) is 12.2 Å². The van der Waals surface area contributed by atoms with Gasteiger partial charge in [-0.25, -0.2) is 0 Å². The zero-order chi connectivity index (χ0) is 18.6. The molecule has 0 heterocycles. The fourth-order valence-corrected chi connectivity index (χ4v) is 3.57. The first kappa shape index (κ1) is 16.6. The topological polar surface area (TPSA) is 52.6 Å². The molecule has 0 saturated heterocycles. The summed E-state index contributed by atoms with van der Waals surface area (Å²) in [7, 11) is 0. The van der Waals surface area contributed by atoms with E-state index in [1.165, 1.54) is 12.2 Å². The quantitative estimate of drug-likeness (QED) is 0.799. The molecule has 0 fully saturated rings. The molecule has 0 aromatic heterocycles. The molecule has 2 aliphatic rings. The van der Waals surface area contributed by atoms with E-state index in [4.69, 9.17) is 9.47 Å². The number of rotatable bonds is 4. The highest BCUT2D eigenvalue weighted by Gasteiger charge is 2.29. The van der Waals surface area contributed by atoms with Crippen LogP contribution in [0.5, 0.6) is 0 Å². The predicted molar refractivity (Wildman–Crippen MR) is 101 cm³/mol. The molecular formula is C22H20O4. The highest BCUT2D eigenvalue weighted by atomic mass is 16.5. The summed E-state index contributed by atoms with van der Waals surface area (Å²) >= 11 is 0. The molecule has 0 atom stereocenters. The lowest BCUT2D eigenvalue weighted by molar-refractivity contribution is 0.103. The minimum Gasteiger partial charge on any atom is -0.490 e. The van der Waals surface area contributed by atoms with Crippen molar-refractivity contribution >= 4 is 33.9 Å². The standard InChI is InChI=1S/C22H20O4/c1-11(2)25-19-9-17(23)13-6-8-16-20(26-12(3)4)10-18(24)14-5-7-15(19)21(13)22(14)16/h5-12H,1-4H3. The molecule has 26 heavy (non-hydrogen) atoms. The molecule has 0 spiro atoms. The highest BCUT2D eigenvalue weighted by molar-refractivity contribution is 6.28.